The molecule has 1 saturated heterocycles. The lowest BCUT2D eigenvalue weighted by Crippen LogP contribution is -2.44. The zero-order valence-electron chi connectivity index (χ0n) is 16.7. The highest BCUT2D eigenvalue weighted by atomic mass is 32.2. The number of benzene rings is 2. The van der Waals surface area contributed by atoms with E-state index < -0.39 is 17.8 Å². The van der Waals surface area contributed by atoms with Crippen molar-refractivity contribution in [1.29, 1.82) is 0 Å². The molecule has 0 radical (unpaired) electrons. The molecule has 1 aliphatic rings. The van der Waals surface area contributed by atoms with Gasteiger partial charge in [0.05, 0.1) is 10.5 Å². The van der Waals surface area contributed by atoms with Gasteiger partial charge in [-0.05, 0) is 61.1 Å². The fourth-order valence-corrected chi connectivity index (χ4v) is 4.26. The summed E-state index contributed by atoms with van der Waals surface area (Å²) in [6, 6.07) is 16.7. The maximum atomic E-state index is 12.8. The van der Waals surface area contributed by atoms with Crippen molar-refractivity contribution in [1.82, 2.24) is 10.4 Å². The van der Waals surface area contributed by atoms with Crippen molar-refractivity contribution in [2.75, 3.05) is 0 Å². The smallest absolute Gasteiger partial charge is 0.335 e. The Bertz CT molecular complexity index is 1280. The predicted octanol–water partition coefficient (Wildman–Crippen LogP) is 4.50. The number of thiocarbonyl (C=S) groups is 1. The summed E-state index contributed by atoms with van der Waals surface area (Å²) in [5.41, 5.74) is 4.63. The number of furan rings is 1. The zero-order valence-corrected chi connectivity index (χ0v) is 18.3. The number of aryl methyl sites for hydroxylation is 1. The van der Waals surface area contributed by atoms with Gasteiger partial charge in [0.1, 0.15) is 11.5 Å². The lowest BCUT2D eigenvalue weighted by atomic mass is 10.0. The van der Waals surface area contributed by atoms with Gasteiger partial charge in [0.15, 0.2) is 4.32 Å². The highest BCUT2D eigenvalue weighted by molar-refractivity contribution is 8.26. The highest BCUT2D eigenvalue weighted by Gasteiger charge is 2.34. The third-order valence-electron chi connectivity index (χ3n) is 4.68. The van der Waals surface area contributed by atoms with Gasteiger partial charge in [-0.3, -0.25) is 15.0 Å². The molecule has 0 bridgehead atoms. The van der Waals surface area contributed by atoms with Gasteiger partial charge in [-0.1, -0.05) is 36.0 Å². The standard InChI is InChI=1S/C23H16N2O5S2/c1-13-11-15(22(28)29)7-9-17(13)18-10-8-16(30-18)12-19-21(27)25(23(31)32-19)24-20(26)14-5-3-2-4-6-14/h2-12H,1H3,(H,24,26)(H,28,29)/b19-12-. The number of hydrogen-bond acceptors (Lipinski definition) is 6. The first-order valence-corrected chi connectivity index (χ1v) is 10.6. The molecule has 2 amide bonds. The minimum atomic E-state index is -0.999. The Morgan fingerprint density at radius 3 is 2.53 bits per heavy atom. The van der Waals surface area contributed by atoms with E-state index in [4.69, 9.17) is 21.7 Å². The molecule has 4 rings (SSSR count). The average molecular weight is 465 g/mol. The van der Waals surface area contributed by atoms with Crippen molar-refractivity contribution in [3.63, 3.8) is 0 Å². The molecule has 9 heteroatoms. The van der Waals surface area contributed by atoms with E-state index in [0.29, 0.717) is 22.0 Å². The number of rotatable bonds is 5. The molecule has 1 aromatic heterocycles. The maximum absolute atomic E-state index is 12.8. The van der Waals surface area contributed by atoms with Crippen LogP contribution in [-0.4, -0.2) is 32.2 Å². The van der Waals surface area contributed by atoms with Crippen molar-refractivity contribution in [3.8, 4) is 11.3 Å². The summed E-state index contributed by atoms with van der Waals surface area (Å²) >= 11 is 6.30. The van der Waals surface area contributed by atoms with Gasteiger partial charge in [-0.25, -0.2) is 4.79 Å². The first-order valence-electron chi connectivity index (χ1n) is 9.41. The fraction of sp³-hybridized carbons (Fsp3) is 0.0435. The van der Waals surface area contributed by atoms with E-state index >= 15 is 0 Å². The molecule has 1 aliphatic heterocycles. The van der Waals surface area contributed by atoms with Crippen LogP contribution < -0.4 is 5.43 Å². The lowest BCUT2D eigenvalue weighted by Gasteiger charge is -2.15. The number of carbonyl (C=O) groups excluding carboxylic acids is 2. The van der Waals surface area contributed by atoms with Crippen LogP contribution in [0.5, 0.6) is 0 Å². The van der Waals surface area contributed by atoms with Crippen molar-refractivity contribution in [3.05, 3.63) is 88.0 Å². The number of carboxylic acids is 1. The minimum absolute atomic E-state index is 0.194. The summed E-state index contributed by atoms with van der Waals surface area (Å²) in [6.07, 6.45) is 1.55. The molecular formula is C23H16N2O5S2. The molecule has 0 aliphatic carbocycles. The second-order valence-electron chi connectivity index (χ2n) is 6.86. The summed E-state index contributed by atoms with van der Waals surface area (Å²) in [4.78, 5) is 36.6. The normalized spacial score (nSPS) is 14.8. The summed E-state index contributed by atoms with van der Waals surface area (Å²) in [6.45, 7) is 1.80. The average Bonchev–Trinajstić information content (AvgIpc) is 3.34. The second-order valence-corrected chi connectivity index (χ2v) is 8.54. The molecule has 3 aromatic rings. The van der Waals surface area contributed by atoms with Crippen molar-refractivity contribution >= 4 is 52.2 Å². The minimum Gasteiger partial charge on any atom is -0.478 e. The first-order chi connectivity index (χ1) is 15.3. The third kappa shape index (κ3) is 4.34. The maximum Gasteiger partial charge on any atom is 0.335 e. The summed E-state index contributed by atoms with van der Waals surface area (Å²) in [5, 5.41) is 10.2. The Hall–Kier alpha value is -3.69. The summed E-state index contributed by atoms with van der Waals surface area (Å²) in [7, 11) is 0. The number of hydrazine groups is 1. The SMILES string of the molecule is Cc1cc(C(=O)O)ccc1-c1ccc(/C=C2\SC(=S)N(NC(=O)c3ccccc3)C2=O)o1. The number of nitrogens with one attached hydrogen (secondary N) is 1. The molecule has 7 nitrogen and oxygen atoms in total. The van der Waals surface area contributed by atoms with Gasteiger partial charge < -0.3 is 9.52 Å². The predicted molar refractivity (Wildman–Crippen MR) is 125 cm³/mol. The van der Waals surface area contributed by atoms with Crippen LogP contribution in [0.4, 0.5) is 0 Å². The van der Waals surface area contributed by atoms with E-state index in [-0.39, 0.29) is 9.88 Å². The van der Waals surface area contributed by atoms with Crippen LogP contribution in [0.3, 0.4) is 0 Å². The van der Waals surface area contributed by atoms with Gasteiger partial charge in [-0.2, -0.15) is 5.01 Å². The van der Waals surface area contributed by atoms with E-state index in [1.165, 1.54) is 6.07 Å². The van der Waals surface area contributed by atoms with Crippen LogP contribution in [0.25, 0.3) is 17.4 Å². The molecule has 0 unspecified atom stereocenters. The Morgan fingerprint density at radius 1 is 1.09 bits per heavy atom. The number of hydrogen-bond donors (Lipinski definition) is 2. The Kier molecular flexibility index (Phi) is 5.93. The summed E-state index contributed by atoms with van der Waals surface area (Å²) in [5.74, 6) is -0.927. The van der Waals surface area contributed by atoms with E-state index in [1.807, 2.05) is 0 Å². The van der Waals surface area contributed by atoms with E-state index in [9.17, 15) is 14.4 Å². The summed E-state index contributed by atoms with van der Waals surface area (Å²) < 4.78 is 6.05. The zero-order chi connectivity index (χ0) is 22.8. The molecule has 0 atom stereocenters. The van der Waals surface area contributed by atoms with Gasteiger partial charge in [0.25, 0.3) is 11.8 Å². The lowest BCUT2D eigenvalue weighted by molar-refractivity contribution is -0.123. The van der Waals surface area contributed by atoms with Crippen LogP contribution in [0.2, 0.25) is 0 Å². The highest BCUT2D eigenvalue weighted by Crippen LogP contribution is 2.33. The van der Waals surface area contributed by atoms with E-state index in [1.54, 1.807) is 67.6 Å². The fourth-order valence-electron chi connectivity index (χ4n) is 3.10. The van der Waals surface area contributed by atoms with E-state index in [0.717, 1.165) is 27.9 Å². The van der Waals surface area contributed by atoms with Gasteiger partial charge >= 0.3 is 5.97 Å². The topological polar surface area (TPSA) is 99.9 Å². The molecule has 0 saturated carbocycles. The van der Waals surface area contributed by atoms with Crippen LogP contribution in [0, 0.1) is 6.92 Å². The Balaban J connectivity index is 1.52. The van der Waals surface area contributed by atoms with Crippen molar-refractivity contribution in [2.45, 2.75) is 6.92 Å². The number of carboxylic acid groups (broad SMARTS) is 1. The Labute approximate surface area is 192 Å². The molecule has 1 fully saturated rings. The second kappa shape index (κ2) is 8.81. The Morgan fingerprint density at radius 2 is 1.84 bits per heavy atom. The van der Waals surface area contributed by atoms with Crippen LogP contribution in [0.1, 0.15) is 32.0 Å². The number of carbonyl (C=O) groups is 3. The quantitative estimate of drug-likeness (QED) is 0.424. The number of thioether (sulfide) groups is 1. The van der Waals surface area contributed by atoms with Crippen molar-refractivity contribution < 1.29 is 23.9 Å². The van der Waals surface area contributed by atoms with E-state index in [2.05, 4.69) is 5.43 Å². The van der Waals surface area contributed by atoms with Crippen molar-refractivity contribution in [2.24, 2.45) is 0 Å². The van der Waals surface area contributed by atoms with Gasteiger partial charge in [-0.15, -0.1) is 0 Å². The molecular weight excluding hydrogens is 448 g/mol. The first kappa shape index (κ1) is 21.5. The third-order valence-corrected chi connectivity index (χ3v) is 5.98. The van der Waals surface area contributed by atoms with Gasteiger partial charge in [0, 0.05) is 17.2 Å². The molecule has 2 N–H and O–H groups in total. The van der Waals surface area contributed by atoms with Crippen LogP contribution >= 0.6 is 24.0 Å². The molecule has 2 heterocycles. The molecule has 0 spiro atoms. The molecule has 2 aromatic carbocycles. The number of amides is 2. The number of nitrogens with zero attached hydrogens (tertiary/aromatic N) is 1. The largest absolute Gasteiger partial charge is 0.478 e. The van der Waals surface area contributed by atoms with Crippen LogP contribution in [0.15, 0.2) is 70.0 Å². The van der Waals surface area contributed by atoms with Crippen LogP contribution in [-0.2, 0) is 4.79 Å². The monoisotopic (exact) mass is 464 g/mol. The molecule has 32 heavy (non-hydrogen) atoms. The molecule has 160 valence electrons. The number of aromatic carboxylic acids is 1. The van der Waals surface area contributed by atoms with Gasteiger partial charge in [0.2, 0.25) is 0 Å².